The maximum atomic E-state index is 12.9. The van der Waals surface area contributed by atoms with Crippen molar-refractivity contribution < 1.29 is 13.2 Å². The lowest BCUT2D eigenvalue weighted by molar-refractivity contribution is -0.114. The van der Waals surface area contributed by atoms with Crippen molar-refractivity contribution in [2.45, 2.75) is 4.90 Å². The van der Waals surface area contributed by atoms with Gasteiger partial charge >= 0.3 is 0 Å². The van der Waals surface area contributed by atoms with E-state index in [4.69, 9.17) is 0 Å². The maximum Gasteiger partial charge on any atom is 0.265 e. The molecule has 4 aromatic rings. The van der Waals surface area contributed by atoms with Crippen LogP contribution in [0.15, 0.2) is 65.6 Å². The summed E-state index contributed by atoms with van der Waals surface area (Å²) in [6.07, 6.45) is 0. The monoisotopic (exact) mass is 395 g/mol. The second-order valence-corrected chi connectivity index (χ2v) is 9.04. The van der Waals surface area contributed by atoms with Crippen molar-refractivity contribution in [1.29, 1.82) is 0 Å². The number of nitrogens with one attached hydrogen (secondary N) is 1. The van der Waals surface area contributed by atoms with Gasteiger partial charge in [0.25, 0.3) is 10.0 Å². The highest BCUT2D eigenvalue weighted by atomic mass is 32.2. The average Bonchev–Trinajstić information content (AvgIpc) is 3.15. The zero-order chi connectivity index (χ0) is 18.6. The molecule has 1 aromatic heterocycles. The minimum Gasteiger partial charge on any atom is -0.300 e. The average molecular weight is 395 g/mol. The van der Waals surface area contributed by atoms with Crippen molar-refractivity contribution in [3.63, 3.8) is 0 Å². The van der Waals surface area contributed by atoms with E-state index >= 15 is 0 Å². The molecule has 1 N–H and O–H groups in total. The Kier molecular flexibility index (Phi) is 3.46. The molecule has 27 heavy (non-hydrogen) atoms. The first-order valence-electron chi connectivity index (χ1n) is 8.24. The van der Waals surface area contributed by atoms with Gasteiger partial charge in [-0.25, -0.2) is 13.4 Å². The third kappa shape index (κ3) is 2.48. The van der Waals surface area contributed by atoms with Gasteiger partial charge in [0.2, 0.25) is 5.91 Å². The Morgan fingerprint density at radius 3 is 2.63 bits per heavy atom. The summed E-state index contributed by atoms with van der Waals surface area (Å²) in [7, 11) is -3.75. The number of thiazole rings is 1. The number of benzene rings is 3. The van der Waals surface area contributed by atoms with E-state index in [1.807, 2.05) is 36.4 Å². The molecule has 1 aliphatic rings. The lowest BCUT2D eigenvalue weighted by Crippen LogP contribution is -2.35. The van der Waals surface area contributed by atoms with Crippen LogP contribution >= 0.6 is 11.3 Å². The molecule has 0 atom stereocenters. The first kappa shape index (κ1) is 16.2. The molecular weight excluding hydrogens is 382 g/mol. The number of carbonyl (C=O) groups excluding carboxylic acids is 1. The van der Waals surface area contributed by atoms with Crippen LogP contribution in [0.3, 0.4) is 0 Å². The predicted octanol–water partition coefficient (Wildman–Crippen LogP) is 3.60. The van der Waals surface area contributed by atoms with Crippen LogP contribution in [0.4, 0.5) is 10.8 Å². The highest BCUT2D eigenvalue weighted by Crippen LogP contribution is 2.41. The Labute approximate surface area is 159 Å². The number of hydrogen-bond donors (Lipinski definition) is 1. The van der Waals surface area contributed by atoms with E-state index in [1.165, 1.54) is 11.3 Å². The molecule has 8 heteroatoms. The second-order valence-electron chi connectivity index (χ2n) is 6.18. The zero-order valence-electron chi connectivity index (χ0n) is 13.9. The van der Waals surface area contributed by atoms with Crippen molar-refractivity contribution in [2.75, 3.05) is 16.2 Å². The Bertz CT molecular complexity index is 1290. The van der Waals surface area contributed by atoms with Crippen LogP contribution in [0.1, 0.15) is 0 Å². The van der Waals surface area contributed by atoms with Crippen molar-refractivity contribution in [3.8, 4) is 0 Å². The van der Waals surface area contributed by atoms with E-state index in [0.717, 1.165) is 19.9 Å². The molecule has 2 heterocycles. The van der Waals surface area contributed by atoms with Gasteiger partial charge in [0.15, 0.2) is 5.13 Å². The summed E-state index contributed by atoms with van der Waals surface area (Å²) in [6.45, 7) is -0.300. The van der Waals surface area contributed by atoms with Crippen molar-refractivity contribution >= 4 is 59.1 Å². The molecule has 1 amide bonds. The van der Waals surface area contributed by atoms with Gasteiger partial charge in [-0.1, -0.05) is 47.7 Å². The standard InChI is InChI=1S/C19H13N3O3S2/c23-17(21-19-20-13-7-1-2-9-15(13)26-19)11-22-14-8-3-5-12-6-4-10-16(18(12)14)27(22,24)25/h1-10H,11H2,(H,20,21,23). The minimum atomic E-state index is -3.75. The number of sulfonamides is 1. The Hall–Kier alpha value is -2.97. The quantitative estimate of drug-likeness (QED) is 0.575. The maximum absolute atomic E-state index is 12.9. The zero-order valence-corrected chi connectivity index (χ0v) is 15.5. The normalized spacial score (nSPS) is 14.7. The molecule has 0 fully saturated rings. The molecule has 0 spiro atoms. The summed E-state index contributed by atoms with van der Waals surface area (Å²) >= 11 is 1.35. The lowest BCUT2D eigenvalue weighted by Gasteiger charge is -2.17. The molecule has 0 bridgehead atoms. The summed E-state index contributed by atoms with van der Waals surface area (Å²) in [4.78, 5) is 17.2. The molecule has 5 rings (SSSR count). The number of amides is 1. The first-order valence-corrected chi connectivity index (χ1v) is 10.5. The summed E-state index contributed by atoms with van der Waals surface area (Å²) in [5.41, 5.74) is 1.33. The van der Waals surface area contributed by atoms with Gasteiger partial charge in [-0.2, -0.15) is 0 Å². The molecule has 1 aliphatic heterocycles. The van der Waals surface area contributed by atoms with Gasteiger partial charge in [0, 0.05) is 5.39 Å². The number of para-hydroxylation sites is 1. The molecule has 0 aliphatic carbocycles. The highest BCUT2D eigenvalue weighted by Gasteiger charge is 2.36. The van der Waals surface area contributed by atoms with Crippen LogP contribution in [0.2, 0.25) is 0 Å². The lowest BCUT2D eigenvalue weighted by atomic mass is 10.1. The van der Waals surface area contributed by atoms with E-state index in [9.17, 15) is 13.2 Å². The summed E-state index contributed by atoms with van der Waals surface area (Å²) in [5.74, 6) is -0.428. The number of anilines is 2. The van der Waals surface area contributed by atoms with E-state index in [1.54, 1.807) is 24.3 Å². The Morgan fingerprint density at radius 2 is 1.81 bits per heavy atom. The van der Waals surface area contributed by atoms with E-state index < -0.39 is 15.9 Å². The van der Waals surface area contributed by atoms with Crippen LogP contribution in [-0.2, 0) is 14.8 Å². The van der Waals surface area contributed by atoms with Crippen molar-refractivity contribution in [1.82, 2.24) is 4.98 Å². The minimum absolute atomic E-state index is 0.239. The molecular formula is C19H13N3O3S2. The fourth-order valence-corrected chi connectivity index (χ4v) is 5.89. The van der Waals surface area contributed by atoms with E-state index in [-0.39, 0.29) is 11.4 Å². The SMILES string of the molecule is O=C(CN1c2cccc3cccc(c23)S1(=O)=O)Nc1nc2ccccc2s1. The van der Waals surface area contributed by atoms with Gasteiger partial charge in [0.05, 0.1) is 20.8 Å². The largest absolute Gasteiger partial charge is 0.300 e. The van der Waals surface area contributed by atoms with Crippen molar-refractivity contribution in [2.24, 2.45) is 0 Å². The number of nitrogens with zero attached hydrogens (tertiary/aromatic N) is 2. The predicted molar refractivity (Wildman–Crippen MR) is 107 cm³/mol. The van der Waals surface area contributed by atoms with Gasteiger partial charge in [0.1, 0.15) is 6.54 Å². The van der Waals surface area contributed by atoms with Gasteiger partial charge in [-0.3, -0.25) is 9.10 Å². The Morgan fingerprint density at radius 1 is 1.04 bits per heavy atom. The summed E-state index contributed by atoms with van der Waals surface area (Å²) in [6, 6.07) is 18.1. The molecule has 0 radical (unpaired) electrons. The number of fused-ring (bicyclic) bond motifs is 1. The summed E-state index contributed by atoms with van der Waals surface area (Å²) < 4.78 is 28.0. The fourth-order valence-electron chi connectivity index (χ4n) is 3.34. The third-order valence-corrected chi connectivity index (χ3v) is 7.26. The number of aromatic nitrogens is 1. The number of rotatable bonds is 3. The van der Waals surface area contributed by atoms with Gasteiger partial charge in [-0.05, 0) is 29.7 Å². The second kappa shape index (κ2) is 5.77. The molecule has 0 unspecified atom stereocenters. The topological polar surface area (TPSA) is 79.4 Å². The number of carbonyl (C=O) groups is 1. The molecule has 3 aromatic carbocycles. The van der Waals surface area contributed by atoms with Gasteiger partial charge in [-0.15, -0.1) is 0 Å². The molecule has 134 valence electrons. The number of hydrogen-bond acceptors (Lipinski definition) is 5. The van der Waals surface area contributed by atoms with E-state index in [0.29, 0.717) is 16.2 Å². The molecule has 0 saturated carbocycles. The van der Waals surface area contributed by atoms with Gasteiger partial charge < -0.3 is 5.32 Å². The van der Waals surface area contributed by atoms with Crippen LogP contribution < -0.4 is 9.62 Å². The van der Waals surface area contributed by atoms with Crippen LogP contribution in [-0.4, -0.2) is 25.9 Å². The smallest absolute Gasteiger partial charge is 0.265 e. The van der Waals surface area contributed by atoms with Crippen LogP contribution in [0.5, 0.6) is 0 Å². The van der Waals surface area contributed by atoms with E-state index in [2.05, 4.69) is 10.3 Å². The first-order chi connectivity index (χ1) is 13.0. The molecule has 6 nitrogen and oxygen atoms in total. The van der Waals surface area contributed by atoms with Crippen molar-refractivity contribution in [3.05, 3.63) is 60.7 Å². The van der Waals surface area contributed by atoms with Crippen LogP contribution in [0, 0.1) is 0 Å². The summed E-state index contributed by atoms with van der Waals surface area (Å²) in [5, 5.41) is 4.67. The third-order valence-electron chi connectivity index (χ3n) is 4.51. The highest BCUT2D eigenvalue weighted by molar-refractivity contribution is 7.93. The fraction of sp³-hybridized carbons (Fsp3) is 0.0526. The van der Waals surface area contributed by atoms with Crippen LogP contribution in [0.25, 0.3) is 21.0 Å². The molecule has 0 saturated heterocycles. The Balaban J connectivity index is 1.47.